The number of aliphatic hydroxyl groups excluding tert-OH is 1. The Bertz CT molecular complexity index is 613. The van der Waals surface area contributed by atoms with E-state index in [-0.39, 0.29) is 16.0 Å². The number of likely N-dealkylation sites (N-methyl/N-ethyl adjacent to an activating group) is 1. The van der Waals surface area contributed by atoms with Gasteiger partial charge >= 0.3 is 0 Å². The third-order valence-electron chi connectivity index (χ3n) is 4.32. The van der Waals surface area contributed by atoms with Gasteiger partial charge < -0.3 is 10.0 Å². The van der Waals surface area contributed by atoms with E-state index in [0.29, 0.717) is 6.54 Å². The van der Waals surface area contributed by atoms with Crippen LogP contribution in [0, 0.1) is 5.82 Å². The molecule has 2 rings (SSSR count). The molecule has 0 aromatic heterocycles. The van der Waals surface area contributed by atoms with Gasteiger partial charge in [-0.1, -0.05) is 0 Å². The summed E-state index contributed by atoms with van der Waals surface area (Å²) in [6.45, 7) is -0.203. The van der Waals surface area contributed by atoms with Crippen LogP contribution in [0.15, 0.2) is 23.1 Å². The Labute approximate surface area is 124 Å². The third-order valence-corrected chi connectivity index (χ3v) is 5.72. The van der Waals surface area contributed by atoms with Crippen LogP contribution in [0.3, 0.4) is 0 Å². The second kappa shape index (κ2) is 6.00. The van der Waals surface area contributed by atoms with Gasteiger partial charge in [-0.3, -0.25) is 0 Å². The smallest absolute Gasteiger partial charge is 0.240 e. The van der Waals surface area contributed by atoms with Gasteiger partial charge in [0.1, 0.15) is 5.82 Å². The summed E-state index contributed by atoms with van der Waals surface area (Å²) in [5.74, 6) is -0.611. The van der Waals surface area contributed by atoms with Crippen LogP contribution in [0.2, 0.25) is 0 Å². The molecule has 1 aromatic carbocycles. The molecule has 1 aliphatic rings. The molecule has 21 heavy (non-hydrogen) atoms. The fourth-order valence-electron chi connectivity index (χ4n) is 2.52. The zero-order valence-electron chi connectivity index (χ0n) is 12.3. The van der Waals surface area contributed by atoms with Gasteiger partial charge in [0.2, 0.25) is 10.0 Å². The highest BCUT2D eigenvalue weighted by Crippen LogP contribution is 2.35. The second-order valence-electron chi connectivity index (χ2n) is 5.71. The fraction of sp³-hybridized carbons (Fsp3) is 0.571. The SMILES string of the molecule is CN(C)C1(CNS(=O)(=O)c2ccc(F)c(CO)c2)CCC1. The van der Waals surface area contributed by atoms with E-state index in [1.165, 1.54) is 12.1 Å². The summed E-state index contributed by atoms with van der Waals surface area (Å²) in [6.07, 6.45) is 2.99. The van der Waals surface area contributed by atoms with Crippen molar-refractivity contribution in [1.82, 2.24) is 9.62 Å². The minimum atomic E-state index is -3.71. The summed E-state index contributed by atoms with van der Waals surface area (Å²) in [5, 5.41) is 9.03. The first-order valence-corrected chi connectivity index (χ1v) is 8.35. The summed E-state index contributed by atoms with van der Waals surface area (Å²) < 4.78 is 40.5. The lowest BCUT2D eigenvalue weighted by molar-refractivity contribution is 0.0657. The molecule has 0 aliphatic heterocycles. The number of rotatable bonds is 6. The van der Waals surface area contributed by atoms with Crippen LogP contribution in [-0.2, 0) is 16.6 Å². The number of nitrogens with one attached hydrogen (secondary N) is 1. The number of aliphatic hydroxyl groups is 1. The zero-order chi connectivity index (χ0) is 15.7. The molecule has 1 aliphatic carbocycles. The molecule has 0 heterocycles. The summed E-state index contributed by atoms with van der Waals surface area (Å²) in [4.78, 5) is 2.02. The van der Waals surface area contributed by atoms with E-state index in [0.717, 1.165) is 25.3 Å². The van der Waals surface area contributed by atoms with Crippen molar-refractivity contribution in [2.45, 2.75) is 36.3 Å². The van der Waals surface area contributed by atoms with Crippen molar-refractivity contribution in [1.29, 1.82) is 0 Å². The molecule has 0 amide bonds. The average molecular weight is 316 g/mol. The quantitative estimate of drug-likeness (QED) is 0.824. The van der Waals surface area contributed by atoms with Gasteiger partial charge in [0, 0.05) is 17.6 Å². The molecule has 1 fully saturated rings. The number of halogens is 1. The Morgan fingerprint density at radius 3 is 2.52 bits per heavy atom. The maximum atomic E-state index is 13.3. The van der Waals surface area contributed by atoms with Gasteiger partial charge in [-0.05, 0) is 51.6 Å². The van der Waals surface area contributed by atoms with Gasteiger partial charge in [0.25, 0.3) is 0 Å². The van der Waals surface area contributed by atoms with Gasteiger partial charge in [-0.15, -0.1) is 0 Å². The number of sulfonamides is 1. The Kier molecular flexibility index (Phi) is 4.67. The molecule has 0 radical (unpaired) electrons. The highest BCUT2D eigenvalue weighted by Gasteiger charge is 2.39. The van der Waals surface area contributed by atoms with Gasteiger partial charge in [0.05, 0.1) is 11.5 Å². The molecule has 0 atom stereocenters. The van der Waals surface area contributed by atoms with Crippen molar-refractivity contribution in [3.63, 3.8) is 0 Å². The first kappa shape index (κ1) is 16.4. The van der Waals surface area contributed by atoms with E-state index in [9.17, 15) is 12.8 Å². The van der Waals surface area contributed by atoms with Crippen LogP contribution >= 0.6 is 0 Å². The molecule has 1 saturated carbocycles. The molecule has 0 bridgehead atoms. The Balaban J connectivity index is 2.15. The summed E-state index contributed by atoms with van der Waals surface area (Å²) in [7, 11) is 0.172. The lowest BCUT2D eigenvalue weighted by atomic mass is 9.76. The molecule has 5 nitrogen and oxygen atoms in total. The van der Waals surface area contributed by atoms with Crippen LogP contribution in [0.25, 0.3) is 0 Å². The van der Waals surface area contributed by atoms with Gasteiger partial charge in [0.15, 0.2) is 0 Å². The lowest BCUT2D eigenvalue weighted by Gasteiger charge is -2.47. The summed E-state index contributed by atoms with van der Waals surface area (Å²) in [5.41, 5.74) is -0.156. The highest BCUT2D eigenvalue weighted by atomic mass is 32.2. The standard InChI is InChI=1S/C14H21FN2O3S/c1-17(2)14(6-3-7-14)10-16-21(19,20)12-4-5-13(15)11(8-12)9-18/h4-5,8,16,18H,3,6-7,9-10H2,1-2H3. The molecule has 7 heteroatoms. The molecule has 2 N–H and O–H groups in total. The van der Waals surface area contributed by atoms with E-state index in [1.54, 1.807) is 0 Å². The van der Waals surface area contributed by atoms with Crippen molar-refractivity contribution in [3.05, 3.63) is 29.6 Å². The minimum Gasteiger partial charge on any atom is -0.392 e. The van der Waals surface area contributed by atoms with Crippen LogP contribution < -0.4 is 4.72 Å². The predicted octanol–water partition coefficient (Wildman–Crippen LogP) is 1.08. The Hall–Kier alpha value is -1.02. The topological polar surface area (TPSA) is 69.6 Å². The first-order chi connectivity index (χ1) is 9.81. The van der Waals surface area contributed by atoms with E-state index in [2.05, 4.69) is 4.72 Å². The van der Waals surface area contributed by atoms with Crippen LogP contribution in [0.5, 0.6) is 0 Å². The zero-order valence-corrected chi connectivity index (χ0v) is 13.1. The number of benzene rings is 1. The molecule has 118 valence electrons. The van der Waals surface area contributed by atoms with E-state index in [4.69, 9.17) is 5.11 Å². The fourth-order valence-corrected chi connectivity index (χ4v) is 3.69. The van der Waals surface area contributed by atoms with Crippen molar-refractivity contribution >= 4 is 10.0 Å². The van der Waals surface area contributed by atoms with Crippen molar-refractivity contribution in [2.75, 3.05) is 20.6 Å². The van der Waals surface area contributed by atoms with Crippen LogP contribution in [0.4, 0.5) is 4.39 Å². The number of hydrogen-bond acceptors (Lipinski definition) is 4. The van der Waals surface area contributed by atoms with Gasteiger partial charge in [-0.2, -0.15) is 0 Å². The minimum absolute atomic E-state index is 0.0242. The Morgan fingerprint density at radius 2 is 2.05 bits per heavy atom. The third kappa shape index (κ3) is 3.26. The maximum absolute atomic E-state index is 13.3. The van der Waals surface area contributed by atoms with Gasteiger partial charge in [-0.25, -0.2) is 17.5 Å². The van der Waals surface area contributed by atoms with Crippen molar-refractivity contribution in [3.8, 4) is 0 Å². The molecule has 1 aromatic rings. The van der Waals surface area contributed by atoms with Crippen molar-refractivity contribution < 1.29 is 17.9 Å². The summed E-state index contributed by atoms with van der Waals surface area (Å²) in [6, 6.07) is 3.44. The highest BCUT2D eigenvalue weighted by molar-refractivity contribution is 7.89. The average Bonchev–Trinajstić information content (AvgIpc) is 2.37. The molecule has 0 saturated heterocycles. The Morgan fingerprint density at radius 1 is 1.38 bits per heavy atom. The number of hydrogen-bond donors (Lipinski definition) is 2. The molecular weight excluding hydrogens is 295 g/mol. The lowest BCUT2D eigenvalue weighted by Crippen LogP contribution is -2.57. The summed E-state index contributed by atoms with van der Waals surface area (Å²) >= 11 is 0. The van der Waals surface area contributed by atoms with E-state index < -0.39 is 22.4 Å². The second-order valence-corrected chi connectivity index (χ2v) is 7.48. The first-order valence-electron chi connectivity index (χ1n) is 6.87. The van der Waals surface area contributed by atoms with E-state index >= 15 is 0 Å². The van der Waals surface area contributed by atoms with E-state index in [1.807, 2.05) is 19.0 Å². The largest absolute Gasteiger partial charge is 0.392 e. The van der Waals surface area contributed by atoms with Crippen LogP contribution in [0.1, 0.15) is 24.8 Å². The monoisotopic (exact) mass is 316 g/mol. The molecular formula is C14H21FN2O3S. The molecule has 0 spiro atoms. The number of nitrogens with zero attached hydrogens (tertiary/aromatic N) is 1. The van der Waals surface area contributed by atoms with Crippen molar-refractivity contribution in [2.24, 2.45) is 0 Å². The molecule has 0 unspecified atom stereocenters. The van der Waals surface area contributed by atoms with Crippen LogP contribution in [-0.4, -0.2) is 44.6 Å². The predicted molar refractivity (Wildman–Crippen MR) is 77.8 cm³/mol. The normalized spacial score (nSPS) is 17.8. The maximum Gasteiger partial charge on any atom is 0.240 e.